The molecule has 0 unspecified atom stereocenters. The van der Waals surface area contributed by atoms with Crippen molar-refractivity contribution in [3.8, 4) is 5.75 Å². The number of nitrogens with zero attached hydrogens (tertiary/aromatic N) is 4. The highest BCUT2D eigenvalue weighted by Gasteiger charge is 2.44. The smallest absolute Gasteiger partial charge is 0.225 e. The average molecular weight is 354 g/mol. The summed E-state index contributed by atoms with van der Waals surface area (Å²) in [4.78, 5) is 15.7. The van der Waals surface area contributed by atoms with Crippen molar-refractivity contribution in [2.75, 3.05) is 31.2 Å². The van der Waals surface area contributed by atoms with Gasteiger partial charge in [-0.1, -0.05) is 6.92 Å². The first-order valence-corrected chi connectivity index (χ1v) is 9.38. The Labute approximate surface area is 154 Å². The standard InChI is InChI=1S/C20H26N4O2/c1-4-15-7-21-20(22-8-15)24-9-18-16(12-26-19(18)10-24)11-25-17-5-13(2)23-14(3)6-17/h5-8,16,18-19H,4,9-12H2,1-3H3/t16-,18+,19+/m0/s1. The predicted molar refractivity (Wildman–Crippen MR) is 99.5 cm³/mol. The van der Waals surface area contributed by atoms with E-state index in [9.17, 15) is 0 Å². The number of aryl methyl sites for hydroxylation is 3. The number of pyridine rings is 1. The van der Waals surface area contributed by atoms with Crippen LogP contribution in [-0.4, -0.2) is 47.4 Å². The number of rotatable bonds is 5. The van der Waals surface area contributed by atoms with E-state index in [4.69, 9.17) is 9.47 Å². The molecule has 4 rings (SSSR count). The molecule has 2 aromatic heterocycles. The lowest BCUT2D eigenvalue weighted by Crippen LogP contribution is -2.27. The molecule has 4 heterocycles. The van der Waals surface area contributed by atoms with E-state index in [0.29, 0.717) is 18.4 Å². The molecule has 0 amide bonds. The van der Waals surface area contributed by atoms with Gasteiger partial charge in [-0.2, -0.15) is 0 Å². The van der Waals surface area contributed by atoms with Crippen LogP contribution in [0.15, 0.2) is 24.5 Å². The summed E-state index contributed by atoms with van der Waals surface area (Å²) in [6, 6.07) is 3.98. The van der Waals surface area contributed by atoms with Crippen molar-refractivity contribution in [1.29, 1.82) is 0 Å². The second kappa shape index (κ2) is 7.19. The van der Waals surface area contributed by atoms with Crippen LogP contribution in [0.4, 0.5) is 5.95 Å². The molecule has 3 atom stereocenters. The van der Waals surface area contributed by atoms with Crippen LogP contribution < -0.4 is 9.64 Å². The van der Waals surface area contributed by atoms with Crippen LogP contribution in [0.5, 0.6) is 5.75 Å². The molecular weight excluding hydrogens is 328 g/mol. The van der Waals surface area contributed by atoms with Crippen LogP contribution >= 0.6 is 0 Å². The van der Waals surface area contributed by atoms with Crippen molar-refractivity contribution in [2.24, 2.45) is 11.8 Å². The summed E-state index contributed by atoms with van der Waals surface area (Å²) in [6.45, 7) is 9.33. The van der Waals surface area contributed by atoms with Gasteiger partial charge in [-0.05, 0) is 25.8 Å². The van der Waals surface area contributed by atoms with E-state index in [1.807, 2.05) is 38.4 Å². The minimum Gasteiger partial charge on any atom is -0.493 e. The Balaban J connectivity index is 1.38. The van der Waals surface area contributed by atoms with Crippen LogP contribution in [0, 0.1) is 25.7 Å². The molecular formula is C20H26N4O2. The van der Waals surface area contributed by atoms with Crippen molar-refractivity contribution >= 4 is 5.95 Å². The van der Waals surface area contributed by atoms with Crippen LogP contribution in [0.2, 0.25) is 0 Å². The SMILES string of the molecule is CCc1cnc(N2C[C@@H]3[C@@H](COc4cc(C)nc(C)c4)CO[C@@H]3C2)nc1. The maximum atomic E-state index is 6.06. The van der Waals surface area contributed by atoms with Gasteiger partial charge in [-0.15, -0.1) is 0 Å². The number of ether oxygens (including phenoxy) is 2. The van der Waals surface area contributed by atoms with Crippen molar-refractivity contribution in [1.82, 2.24) is 15.0 Å². The Hall–Kier alpha value is -2.21. The number of aromatic nitrogens is 3. The summed E-state index contributed by atoms with van der Waals surface area (Å²) in [6.07, 6.45) is 5.05. The Morgan fingerprint density at radius 1 is 1.15 bits per heavy atom. The summed E-state index contributed by atoms with van der Waals surface area (Å²) in [7, 11) is 0. The zero-order chi connectivity index (χ0) is 18.1. The molecule has 2 aromatic rings. The zero-order valence-electron chi connectivity index (χ0n) is 15.7. The van der Waals surface area contributed by atoms with Crippen LogP contribution in [-0.2, 0) is 11.2 Å². The first-order valence-electron chi connectivity index (χ1n) is 9.38. The molecule has 0 saturated carbocycles. The highest BCUT2D eigenvalue weighted by Crippen LogP contribution is 2.35. The van der Waals surface area contributed by atoms with Gasteiger partial charge < -0.3 is 14.4 Å². The van der Waals surface area contributed by atoms with Gasteiger partial charge >= 0.3 is 0 Å². The summed E-state index contributed by atoms with van der Waals surface area (Å²) in [5, 5.41) is 0. The van der Waals surface area contributed by atoms with Gasteiger partial charge in [-0.25, -0.2) is 9.97 Å². The maximum absolute atomic E-state index is 6.06. The fraction of sp³-hybridized carbons (Fsp3) is 0.550. The second-order valence-corrected chi connectivity index (χ2v) is 7.34. The average Bonchev–Trinajstić information content (AvgIpc) is 3.20. The van der Waals surface area contributed by atoms with E-state index in [2.05, 4.69) is 26.8 Å². The van der Waals surface area contributed by atoms with Crippen LogP contribution in [0.25, 0.3) is 0 Å². The van der Waals surface area contributed by atoms with Gasteiger partial charge in [0.05, 0.1) is 19.3 Å². The molecule has 0 radical (unpaired) electrons. The molecule has 6 heteroatoms. The van der Waals surface area contributed by atoms with E-state index in [1.165, 1.54) is 5.56 Å². The van der Waals surface area contributed by atoms with Crippen LogP contribution in [0.1, 0.15) is 23.9 Å². The first kappa shape index (κ1) is 17.2. The maximum Gasteiger partial charge on any atom is 0.225 e. The summed E-state index contributed by atoms with van der Waals surface area (Å²) in [5.74, 6) is 2.56. The minimum atomic E-state index is 0.249. The van der Waals surface area contributed by atoms with Gasteiger partial charge in [0, 0.05) is 60.8 Å². The molecule has 0 bridgehead atoms. The van der Waals surface area contributed by atoms with Crippen molar-refractivity contribution in [2.45, 2.75) is 33.3 Å². The lowest BCUT2D eigenvalue weighted by atomic mass is 9.94. The van der Waals surface area contributed by atoms with E-state index >= 15 is 0 Å². The fourth-order valence-corrected chi connectivity index (χ4v) is 3.91. The van der Waals surface area contributed by atoms with Crippen molar-refractivity contribution in [3.05, 3.63) is 41.5 Å². The number of hydrogen-bond acceptors (Lipinski definition) is 6. The lowest BCUT2D eigenvalue weighted by Gasteiger charge is -2.20. The lowest BCUT2D eigenvalue weighted by molar-refractivity contribution is 0.108. The van der Waals surface area contributed by atoms with E-state index in [-0.39, 0.29) is 6.10 Å². The normalized spacial score (nSPS) is 24.7. The van der Waals surface area contributed by atoms with E-state index < -0.39 is 0 Å². The molecule has 0 spiro atoms. The monoisotopic (exact) mass is 354 g/mol. The molecule has 0 aromatic carbocycles. The van der Waals surface area contributed by atoms with Crippen molar-refractivity contribution in [3.63, 3.8) is 0 Å². The van der Waals surface area contributed by atoms with Crippen molar-refractivity contribution < 1.29 is 9.47 Å². The zero-order valence-corrected chi connectivity index (χ0v) is 15.7. The third kappa shape index (κ3) is 3.51. The van der Waals surface area contributed by atoms with Gasteiger partial charge in [-0.3, -0.25) is 4.98 Å². The Morgan fingerprint density at radius 3 is 2.58 bits per heavy atom. The molecule has 0 N–H and O–H groups in total. The number of anilines is 1. The molecule has 2 saturated heterocycles. The largest absolute Gasteiger partial charge is 0.493 e. The first-order chi connectivity index (χ1) is 12.6. The van der Waals surface area contributed by atoms with Crippen LogP contribution in [0.3, 0.4) is 0 Å². The second-order valence-electron chi connectivity index (χ2n) is 7.34. The molecule has 138 valence electrons. The topological polar surface area (TPSA) is 60.4 Å². The van der Waals surface area contributed by atoms with Gasteiger partial charge in [0.15, 0.2) is 0 Å². The fourth-order valence-electron chi connectivity index (χ4n) is 3.91. The molecule has 0 aliphatic carbocycles. The molecule has 26 heavy (non-hydrogen) atoms. The van der Waals surface area contributed by atoms with Gasteiger partial charge in [0.2, 0.25) is 5.95 Å². The van der Waals surface area contributed by atoms with E-state index in [1.54, 1.807) is 0 Å². The molecule has 2 aliphatic heterocycles. The molecule has 2 aliphatic rings. The summed E-state index contributed by atoms with van der Waals surface area (Å²) < 4.78 is 12.1. The molecule has 6 nitrogen and oxygen atoms in total. The van der Waals surface area contributed by atoms with E-state index in [0.717, 1.165) is 49.2 Å². The number of fused-ring (bicyclic) bond motifs is 1. The highest BCUT2D eigenvalue weighted by atomic mass is 16.5. The Morgan fingerprint density at radius 2 is 1.88 bits per heavy atom. The Bertz CT molecular complexity index is 745. The number of hydrogen-bond donors (Lipinski definition) is 0. The third-order valence-electron chi connectivity index (χ3n) is 5.34. The van der Waals surface area contributed by atoms with Gasteiger partial charge in [0.25, 0.3) is 0 Å². The quantitative estimate of drug-likeness (QED) is 0.822. The highest BCUT2D eigenvalue weighted by molar-refractivity contribution is 5.33. The summed E-state index contributed by atoms with van der Waals surface area (Å²) >= 11 is 0. The Kier molecular flexibility index (Phi) is 4.76. The predicted octanol–water partition coefficient (Wildman–Crippen LogP) is 2.58. The summed E-state index contributed by atoms with van der Waals surface area (Å²) in [5.41, 5.74) is 3.14. The molecule has 2 fully saturated rings. The minimum absolute atomic E-state index is 0.249. The third-order valence-corrected chi connectivity index (χ3v) is 5.34. The van der Waals surface area contributed by atoms with Gasteiger partial charge in [0.1, 0.15) is 5.75 Å².